The summed E-state index contributed by atoms with van der Waals surface area (Å²) in [7, 11) is 0. The average Bonchev–Trinajstić information content (AvgIpc) is 2.58. The van der Waals surface area contributed by atoms with Crippen LogP contribution in [-0.4, -0.2) is 0 Å². The summed E-state index contributed by atoms with van der Waals surface area (Å²) in [5, 5.41) is 1.15. The number of nitrogens with two attached hydrogens (primary N) is 1. The van der Waals surface area contributed by atoms with Gasteiger partial charge in [0.1, 0.15) is 4.34 Å². The molecule has 0 spiro atoms. The lowest BCUT2D eigenvalue weighted by Crippen LogP contribution is -2.10. The van der Waals surface area contributed by atoms with Crippen LogP contribution in [0, 0.1) is 0 Å². The molecule has 1 nitrogen and oxygen atoms in total. The summed E-state index contributed by atoms with van der Waals surface area (Å²) in [6.07, 6.45) is 0. The summed E-state index contributed by atoms with van der Waals surface area (Å²) in [4.78, 5) is 0.950. The third kappa shape index (κ3) is 2.98. The zero-order valence-corrected chi connectivity index (χ0v) is 13.1. The van der Waals surface area contributed by atoms with Gasteiger partial charge in [-0.15, -0.1) is 11.3 Å². The van der Waals surface area contributed by atoms with Gasteiger partial charge in [0.2, 0.25) is 0 Å². The van der Waals surface area contributed by atoms with E-state index in [9.17, 15) is 0 Å². The Morgan fingerprint density at radius 2 is 1.88 bits per heavy atom. The molecule has 0 fully saturated rings. The number of hydrogen-bond acceptors (Lipinski definition) is 2. The van der Waals surface area contributed by atoms with Gasteiger partial charge in [-0.2, -0.15) is 0 Å². The molecule has 2 rings (SSSR count). The Hall–Kier alpha value is 0.230. The van der Waals surface area contributed by atoms with Crippen molar-refractivity contribution in [1.29, 1.82) is 0 Å². The third-order valence-electron chi connectivity index (χ3n) is 2.27. The van der Waals surface area contributed by atoms with Gasteiger partial charge in [-0.05, 0) is 39.7 Å². The van der Waals surface area contributed by atoms with Crippen molar-refractivity contribution in [2.75, 3.05) is 0 Å². The predicted octanol–water partition coefficient (Wildman–Crippen LogP) is 5.52. The molecular weight excluding hydrogens is 364 g/mol. The maximum absolute atomic E-state index is 6.15. The largest absolute Gasteiger partial charge is 0.320 e. The first-order chi connectivity index (χ1) is 7.99. The SMILES string of the molecule is NC(c1cc(Br)c(Cl)s1)c1ccc(Cl)cc1Cl. The molecule has 1 aromatic carbocycles. The van der Waals surface area contributed by atoms with Crippen LogP contribution in [0.5, 0.6) is 0 Å². The van der Waals surface area contributed by atoms with Gasteiger partial charge in [0.15, 0.2) is 0 Å². The van der Waals surface area contributed by atoms with E-state index < -0.39 is 0 Å². The van der Waals surface area contributed by atoms with Crippen molar-refractivity contribution in [3.8, 4) is 0 Å². The Labute approximate surface area is 127 Å². The van der Waals surface area contributed by atoms with E-state index in [1.54, 1.807) is 12.1 Å². The molecule has 0 aliphatic carbocycles. The molecule has 17 heavy (non-hydrogen) atoms. The van der Waals surface area contributed by atoms with Crippen LogP contribution in [0.3, 0.4) is 0 Å². The van der Waals surface area contributed by atoms with Gasteiger partial charge in [0.25, 0.3) is 0 Å². The Morgan fingerprint density at radius 3 is 2.41 bits per heavy atom. The molecule has 0 bridgehead atoms. The molecule has 0 aliphatic heterocycles. The lowest BCUT2D eigenvalue weighted by atomic mass is 10.1. The van der Waals surface area contributed by atoms with Gasteiger partial charge in [0.05, 0.1) is 6.04 Å². The van der Waals surface area contributed by atoms with E-state index >= 15 is 0 Å². The molecule has 2 aromatic rings. The molecule has 2 N–H and O–H groups in total. The maximum atomic E-state index is 6.15. The molecule has 1 aromatic heterocycles. The van der Waals surface area contributed by atoms with E-state index in [2.05, 4.69) is 15.9 Å². The minimum Gasteiger partial charge on any atom is -0.320 e. The first-order valence-electron chi connectivity index (χ1n) is 4.64. The Balaban J connectivity index is 2.39. The highest BCUT2D eigenvalue weighted by Crippen LogP contribution is 2.38. The molecule has 0 radical (unpaired) electrons. The van der Waals surface area contributed by atoms with E-state index in [0.29, 0.717) is 14.4 Å². The van der Waals surface area contributed by atoms with Crippen molar-refractivity contribution in [2.24, 2.45) is 5.73 Å². The van der Waals surface area contributed by atoms with E-state index in [1.807, 2.05) is 12.1 Å². The van der Waals surface area contributed by atoms with E-state index in [1.165, 1.54) is 11.3 Å². The summed E-state index contributed by atoms with van der Waals surface area (Å²) in [6, 6.07) is 6.89. The van der Waals surface area contributed by atoms with E-state index in [-0.39, 0.29) is 6.04 Å². The summed E-state index contributed by atoms with van der Waals surface area (Å²) >= 11 is 22.7. The minimum absolute atomic E-state index is 0.298. The number of hydrogen-bond donors (Lipinski definition) is 1. The van der Waals surface area contributed by atoms with Crippen molar-refractivity contribution < 1.29 is 0 Å². The fourth-order valence-electron chi connectivity index (χ4n) is 1.42. The second kappa shape index (κ2) is 5.47. The van der Waals surface area contributed by atoms with E-state index in [0.717, 1.165) is 14.9 Å². The van der Waals surface area contributed by atoms with Crippen LogP contribution >= 0.6 is 62.1 Å². The summed E-state index contributed by atoms with van der Waals surface area (Å²) in [5.41, 5.74) is 6.99. The topological polar surface area (TPSA) is 26.0 Å². The highest BCUT2D eigenvalue weighted by molar-refractivity contribution is 9.10. The monoisotopic (exact) mass is 369 g/mol. The van der Waals surface area contributed by atoms with Crippen LogP contribution < -0.4 is 5.73 Å². The fourth-order valence-corrected chi connectivity index (χ4v) is 3.71. The Bertz CT molecular complexity index is 536. The average molecular weight is 372 g/mol. The number of rotatable bonds is 2. The van der Waals surface area contributed by atoms with Gasteiger partial charge in [-0.1, -0.05) is 40.9 Å². The lowest BCUT2D eigenvalue weighted by molar-refractivity contribution is 0.893. The molecule has 0 saturated heterocycles. The normalized spacial score (nSPS) is 12.8. The zero-order chi connectivity index (χ0) is 12.6. The van der Waals surface area contributed by atoms with Gasteiger partial charge in [0, 0.05) is 19.4 Å². The van der Waals surface area contributed by atoms with Crippen LogP contribution in [0.25, 0.3) is 0 Å². The van der Waals surface area contributed by atoms with Crippen molar-refractivity contribution in [3.05, 3.63) is 53.6 Å². The van der Waals surface area contributed by atoms with Gasteiger partial charge in [-0.3, -0.25) is 0 Å². The molecule has 90 valence electrons. The number of halogens is 4. The second-order valence-electron chi connectivity index (χ2n) is 3.41. The van der Waals surface area contributed by atoms with Crippen LogP contribution in [-0.2, 0) is 0 Å². The second-order valence-corrected chi connectivity index (χ2v) is 6.80. The smallest absolute Gasteiger partial charge is 0.107 e. The molecule has 6 heteroatoms. The number of benzene rings is 1. The Kier molecular flexibility index (Phi) is 4.40. The van der Waals surface area contributed by atoms with Gasteiger partial charge < -0.3 is 5.73 Å². The molecule has 1 heterocycles. The fraction of sp³-hybridized carbons (Fsp3) is 0.0909. The summed E-state index contributed by atoms with van der Waals surface area (Å²) in [5.74, 6) is 0. The van der Waals surface area contributed by atoms with Crippen molar-refractivity contribution in [2.45, 2.75) is 6.04 Å². The summed E-state index contributed by atoms with van der Waals surface area (Å²) in [6.45, 7) is 0. The minimum atomic E-state index is -0.298. The van der Waals surface area contributed by atoms with Gasteiger partial charge in [-0.25, -0.2) is 0 Å². The zero-order valence-electron chi connectivity index (χ0n) is 8.38. The lowest BCUT2D eigenvalue weighted by Gasteiger charge is -2.12. The Morgan fingerprint density at radius 1 is 1.18 bits per heavy atom. The van der Waals surface area contributed by atoms with Crippen molar-refractivity contribution >= 4 is 62.1 Å². The predicted molar refractivity (Wildman–Crippen MR) is 79.5 cm³/mol. The van der Waals surface area contributed by atoms with Gasteiger partial charge >= 0.3 is 0 Å². The standard InChI is InChI=1S/C11H7BrCl3NS/c12-7-4-9(17-11(7)15)10(16)6-2-1-5(13)3-8(6)14/h1-4,10H,16H2. The molecule has 0 aliphatic rings. The van der Waals surface area contributed by atoms with Crippen LogP contribution in [0.1, 0.15) is 16.5 Å². The maximum Gasteiger partial charge on any atom is 0.107 e. The van der Waals surface area contributed by atoms with Crippen molar-refractivity contribution in [1.82, 2.24) is 0 Å². The highest BCUT2D eigenvalue weighted by atomic mass is 79.9. The molecular formula is C11H7BrCl3NS. The summed E-state index contributed by atoms with van der Waals surface area (Å²) < 4.78 is 1.53. The quantitative estimate of drug-likeness (QED) is 0.739. The molecule has 1 unspecified atom stereocenters. The third-order valence-corrected chi connectivity index (χ3v) is 5.39. The molecule has 0 amide bonds. The molecule has 0 saturated carbocycles. The highest BCUT2D eigenvalue weighted by Gasteiger charge is 2.16. The van der Waals surface area contributed by atoms with E-state index in [4.69, 9.17) is 40.5 Å². The number of thiophene rings is 1. The molecule has 1 atom stereocenters. The van der Waals surface area contributed by atoms with Crippen molar-refractivity contribution in [3.63, 3.8) is 0 Å². The first-order valence-corrected chi connectivity index (χ1v) is 7.38. The van der Waals surface area contributed by atoms with Crippen LogP contribution in [0.2, 0.25) is 14.4 Å². The first kappa shape index (κ1) is 13.7. The van der Waals surface area contributed by atoms with Crippen LogP contribution in [0.15, 0.2) is 28.7 Å². The van der Waals surface area contributed by atoms with Crippen LogP contribution in [0.4, 0.5) is 0 Å².